The fourth-order valence-corrected chi connectivity index (χ4v) is 1.64. The van der Waals surface area contributed by atoms with Crippen LogP contribution in [0.1, 0.15) is 5.56 Å². The van der Waals surface area contributed by atoms with Crippen LogP contribution in [0.2, 0.25) is 5.02 Å². The van der Waals surface area contributed by atoms with Gasteiger partial charge in [0.15, 0.2) is 0 Å². The van der Waals surface area contributed by atoms with E-state index >= 15 is 0 Å². The van der Waals surface area contributed by atoms with E-state index in [-0.39, 0.29) is 5.96 Å². The number of nitrogens with zero attached hydrogens (tertiary/aromatic N) is 3. The molecule has 5 nitrogen and oxygen atoms in total. The first kappa shape index (κ1) is 11.3. The lowest BCUT2D eigenvalue weighted by Gasteiger charge is -2.01. The zero-order chi connectivity index (χ0) is 12.3. The average molecular weight is 248 g/mol. The molecule has 0 aliphatic heterocycles. The van der Waals surface area contributed by atoms with Gasteiger partial charge >= 0.3 is 0 Å². The SMILES string of the molecule is NC(N)=N/N=C/c1ccc(Cl)c2cccnc12. The molecule has 4 N–H and O–H groups in total. The van der Waals surface area contributed by atoms with Gasteiger partial charge in [0.1, 0.15) is 0 Å². The second-order valence-electron chi connectivity index (χ2n) is 3.31. The molecule has 0 bridgehead atoms. The van der Waals surface area contributed by atoms with Gasteiger partial charge in [0.05, 0.1) is 16.8 Å². The summed E-state index contributed by atoms with van der Waals surface area (Å²) in [5.41, 5.74) is 11.9. The van der Waals surface area contributed by atoms with Crippen molar-refractivity contribution in [2.24, 2.45) is 21.7 Å². The van der Waals surface area contributed by atoms with Crippen molar-refractivity contribution < 1.29 is 0 Å². The first-order chi connectivity index (χ1) is 8.18. The Hall–Kier alpha value is -2.14. The standard InChI is InChI=1S/C11H10ClN5/c12-9-4-3-7(6-16-17-11(13)14)10-8(9)2-1-5-15-10/h1-6H,(H4,13,14,17)/b16-6+. The molecule has 0 unspecified atom stereocenters. The summed E-state index contributed by atoms with van der Waals surface area (Å²) in [6.07, 6.45) is 3.22. The first-order valence-corrected chi connectivity index (χ1v) is 5.21. The molecule has 86 valence electrons. The Labute approximate surface area is 103 Å². The molecule has 2 rings (SSSR count). The van der Waals surface area contributed by atoms with Gasteiger partial charge in [0.25, 0.3) is 0 Å². The number of halogens is 1. The molecule has 2 aromatic rings. The molecule has 6 heteroatoms. The van der Waals surface area contributed by atoms with E-state index in [4.69, 9.17) is 23.1 Å². The molecule has 0 saturated carbocycles. The second-order valence-corrected chi connectivity index (χ2v) is 3.71. The number of hydrogen-bond acceptors (Lipinski definition) is 3. The summed E-state index contributed by atoms with van der Waals surface area (Å²) in [6, 6.07) is 7.31. The van der Waals surface area contributed by atoms with Gasteiger partial charge in [0, 0.05) is 17.1 Å². The van der Waals surface area contributed by atoms with Crippen molar-refractivity contribution in [3.8, 4) is 0 Å². The maximum Gasteiger partial charge on any atom is 0.211 e. The van der Waals surface area contributed by atoms with Crippen LogP contribution in [0.25, 0.3) is 10.9 Å². The van der Waals surface area contributed by atoms with Crippen molar-refractivity contribution in [1.29, 1.82) is 0 Å². The van der Waals surface area contributed by atoms with Crippen molar-refractivity contribution in [3.05, 3.63) is 41.0 Å². The number of hydrogen-bond donors (Lipinski definition) is 2. The first-order valence-electron chi connectivity index (χ1n) is 4.83. The minimum Gasteiger partial charge on any atom is -0.369 e. The summed E-state index contributed by atoms with van der Waals surface area (Å²) in [5.74, 6) is -0.0903. The fraction of sp³-hybridized carbons (Fsp3) is 0. The van der Waals surface area contributed by atoms with Gasteiger partial charge in [-0.05, 0) is 24.3 Å². The van der Waals surface area contributed by atoms with Crippen molar-refractivity contribution in [1.82, 2.24) is 4.98 Å². The van der Waals surface area contributed by atoms with E-state index in [1.165, 1.54) is 6.21 Å². The monoisotopic (exact) mass is 247 g/mol. The lowest BCUT2D eigenvalue weighted by Crippen LogP contribution is -2.21. The van der Waals surface area contributed by atoms with Crippen molar-refractivity contribution in [2.45, 2.75) is 0 Å². The summed E-state index contributed by atoms with van der Waals surface area (Å²) in [4.78, 5) is 4.25. The fourth-order valence-electron chi connectivity index (χ4n) is 1.42. The van der Waals surface area contributed by atoms with Crippen LogP contribution in [0, 0.1) is 0 Å². The molecule has 0 amide bonds. The number of nitrogens with two attached hydrogens (primary N) is 2. The number of fused-ring (bicyclic) bond motifs is 1. The van der Waals surface area contributed by atoms with Crippen LogP contribution in [0.3, 0.4) is 0 Å². The van der Waals surface area contributed by atoms with Gasteiger partial charge in [-0.25, -0.2) is 0 Å². The van der Waals surface area contributed by atoms with Gasteiger partial charge in [-0.15, -0.1) is 5.10 Å². The highest BCUT2D eigenvalue weighted by Crippen LogP contribution is 2.23. The Morgan fingerprint density at radius 2 is 2.12 bits per heavy atom. The zero-order valence-electron chi connectivity index (χ0n) is 8.84. The van der Waals surface area contributed by atoms with Gasteiger partial charge in [0.2, 0.25) is 5.96 Å². The molecule has 0 saturated heterocycles. The van der Waals surface area contributed by atoms with Crippen LogP contribution >= 0.6 is 11.6 Å². The van der Waals surface area contributed by atoms with Crippen LogP contribution in [0.15, 0.2) is 40.7 Å². The lowest BCUT2D eigenvalue weighted by molar-refractivity contribution is 1.21. The Morgan fingerprint density at radius 1 is 1.29 bits per heavy atom. The van der Waals surface area contributed by atoms with Gasteiger partial charge in [-0.1, -0.05) is 11.6 Å². The van der Waals surface area contributed by atoms with Gasteiger partial charge in [-0.3, -0.25) is 4.98 Å². The van der Waals surface area contributed by atoms with E-state index in [1.54, 1.807) is 12.3 Å². The average Bonchev–Trinajstić information content (AvgIpc) is 2.32. The lowest BCUT2D eigenvalue weighted by atomic mass is 10.1. The molecular formula is C11H10ClN5. The number of rotatable bonds is 2. The Kier molecular flexibility index (Phi) is 3.20. The summed E-state index contributed by atoms with van der Waals surface area (Å²) in [7, 11) is 0. The highest BCUT2D eigenvalue weighted by molar-refractivity contribution is 6.35. The van der Waals surface area contributed by atoms with Crippen LogP contribution in [-0.2, 0) is 0 Å². The van der Waals surface area contributed by atoms with E-state index in [0.29, 0.717) is 5.02 Å². The molecule has 0 spiro atoms. The third-order valence-electron chi connectivity index (χ3n) is 2.12. The van der Waals surface area contributed by atoms with E-state index < -0.39 is 0 Å². The smallest absolute Gasteiger partial charge is 0.211 e. The summed E-state index contributed by atoms with van der Waals surface area (Å²) >= 11 is 6.06. The van der Waals surface area contributed by atoms with E-state index in [2.05, 4.69) is 15.2 Å². The molecule has 1 heterocycles. The highest BCUT2D eigenvalue weighted by atomic mass is 35.5. The molecule has 0 aliphatic rings. The molecule has 0 fully saturated rings. The highest BCUT2D eigenvalue weighted by Gasteiger charge is 2.03. The third-order valence-corrected chi connectivity index (χ3v) is 2.45. The molecular weight excluding hydrogens is 238 g/mol. The van der Waals surface area contributed by atoms with E-state index in [0.717, 1.165) is 16.5 Å². The van der Waals surface area contributed by atoms with E-state index in [9.17, 15) is 0 Å². The second kappa shape index (κ2) is 4.80. The summed E-state index contributed by atoms with van der Waals surface area (Å²) in [6.45, 7) is 0. The van der Waals surface area contributed by atoms with Crippen molar-refractivity contribution in [2.75, 3.05) is 0 Å². The molecule has 0 aliphatic carbocycles. The number of benzene rings is 1. The predicted octanol–water partition coefficient (Wildman–Crippen LogP) is 1.50. The van der Waals surface area contributed by atoms with Crippen LogP contribution in [-0.4, -0.2) is 17.2 Å². The summed E-state index contributed by atoms with van der Waals surface area (Å²) in [5, 5.41) is 8.79. The third kappa shape index (κ3) is 2.51. The van der Waals surface area contributed by atoms with Gasteiger partial charge < -0.3 is 11.5 Å². The van der Waals surface area contributed by atoms with E-state index in [1.807, 2.05) is 18.2 Å². The van der Waals surface area contributed by atoms with Crippen LogP contribution < -0.4 is 11.5 Å². The molecule has 17 heavy (non-hydrogen) atoms. The zero-order valence-corrected chi connectivity index (χ0v) is 9.59. The molecule has 0 atom stereocenters. The molecule has 0 radical (unpaired) electrons. The molecule has 1 aromatic carbocycles. The van der Waals surface area contributed by atoms with Crippen LogP contribution in [0.5, 0.6) is 0 Å². The number of pyridine rings is 1. The Bertz CT molecular complexity index is 602. The van der Waals surface area contributed by atoms with Crippen LogP contribution in [0.4, 0.5) is 0 Å². The molecule has 1 aromatic heterocycles. The topological polar surface area (TPSA) is 89.7 Å². The minimum atomic E-state index is -0.0903. The maximum atomic E-state index is 6.06. The normalized spacial score (nSPS) is 10.9. The quantitative estimate of drug-likeness (QED) is 0.479. The van der Waals surface area contributed by atoms with Gasteiger partial charge in [-0.2, -0.15) is 5.10 Å². The van der Waals surface area contributed by atoms with Crippen molar-refractivity contribution in [3.63, 3.8) is 0 Å². The maximum absolute atomic E-state index is 6.06. The van der Waals surface area contributed by atoms with Crippen molar-refractivity contribution >= 4 is 34.7 Å². The summed E-state index contributed by atoms with van der Waals surface area (Å²) < 4.78 is 0. The minimum absolute atomic E-state index is 0.0903. The number of guanidine groups is 1. The number of aromatic nitrogens is 1. The largest absolute Gasteiger partial charge is 0.369 e. The Balaban J connectivity index is 2.52. The Morgan fingerprint density at radius 3 is 2.88 bits per heavy atom. The predicted molar refractivity (Wildman–Crippen MR) is 70.2 cm³/mol.